The number of methoxy groups -OCH3 is 1. The predicted octanol–water partition coefficient (Wildman–Crippen LogP) is 1.62. The highest BCUT2D eigenvalue weighted by Crippen LogP contribution is 2.32. The van der Waals surface area contributed by atoms with Gasteiger partial charge in [0.05, 0.1) is 13.7 Å². The van der Waals surface area contributed by atoms with Crippen molar-refractivity contribution < 1.29 is 24.2 Å². The van der Waals surface area contributed by atoms with Gasteiger partial charge < -0.3 is 19.9 Å². The highest BCUT2D eigenvalue weighted by molar-refractivity contribution is 5.81. The standard InChI is InChI=1S/C15H21NO5/c1-3-9-21-15-11(5-4-6-12(15)20-2)7-8-13(17)16-10-14(18)19/h4-6H,3,7-10H2,1-2H3,(H,16,17)(H,18,19). The number of aliphatic carboxylic acids is 1. The molecule has 0 aliphatic carbocycles. The van der Waals surface area contributed by atoms with Gasteiger partial charge in [0, 0.05) is 6.42 Å². The largest absolute Gasteiger partial charge is 0.493 e. The van der Waals surface area contributed by atoms with Crippen LogP contribution in [0.5, 0.6) is 11.5 Å². The number of carboxylic acids is 1. The van der Waals surface area contributed by atoms with E-state index in [9.17, 15) is 9.59 Å². The summed E-state index contributed by atoms with van der Waals surface area (Å²) in [6, 6.07) is 5.51. The Bertz CT molecular complexity index is 487. The quantitative estimate of drug-likeness (QED) is 0.723. The average molecular weight is 295 g/mol. The second-order valence-electron chi connectivity index (χ2n) is 4.47. The van der Waals surface area contributed by atoms with Crippen molar-refractivity contribution in [3.8, 4) is 11.5 Å². The van der Waals surface area contributed by atoms with Crippen LogP contribution in [0.2, 0.25) is 0 Å². The molecule has 1 amide bonds. The van der Waals surface area contributed by atoms with E-state index in [4.69, 9.17) is 14.6 Å². The minimum atomic E-state index is -1.06. The minimum absolute atomic E-state index is 0.197. The van der Waals surface area contributed by atoms with Crippen LogP contribution in [0.4, 0.5) is 0 Å². The highest BCUT2D eigenvalue weighted by Gasteiger charge is 2.12. The number of amides is 1. The number of hydrogen-bond acceptors (Lipinski definition) is 4. The lowest BCUT2D eigenvalue weighted by Gasteiger charge is -2.14. The Morgan fingerprint density at radius 2 is 2.10 bits per heavy atom. The van der Waals surface area contributed by atoms with E-state index >= 15 is 0 Å². The normalized spacial score (nSPS) is 10.0. The van der Waals surface area contributed by atoms with Crippen molar-refractivity contribution in [2.75, 3.05) is 20.3 Å². The lowest BCUT2D eigenvalue weighted by Crippen LogP contribution is -2.29. The van der Waals surface area contributed by atoms with E-state index in [1.54, 1.807) is 13.2 Å². The smallest absolute Gasteiger partial charge is 0.322 e. The molecule has 0 saturated carbocycles. The molecule has 1 aromatic rings. The number of benzene rings is 1. The van der Waals surface area contributed by atoms with Crippen LogP contribution < -0.4 is 14.8 Å². The van der Waals surface area contributed by atoms with Crippen LogP contribution in [0.3, 0.4) is 0 Å². The predicted molar refractivity (Wildman–Crippen MR) is 77.7 cm³/mol. The van der Waals surface area contributed by atoms with E-state index in [0.29, 0.717) is 24.5 Å². The summed E-state index contributed by atoms with van der Waals surface area (Å²) in [6.07, 6.45) is 1.53. The molecular formula is C15H21NO5. The topological polar surface area (TPSA) is 84.9 Å². The lowest BCUT2D eigenvalue weighted by atomic mass is 10.1. The number of carbonyl (C=O) groups is 2. The van der Waals surface area contributed by atoms with Crippen LogP contribution >= 0.6 is 0 Å². The second-order valence-corrected chi connectivity index (χ2v) is 4.47. The Morgan fingerprint density at radius 1 is 1.33 bits per heavy atom. The van der Waals surface area contributed by atoms with Gasteiger partial charge in [-0.25, -0.2) is 0 Å². The Balaban J connectivity index is 2.68. The molecule has 0 fully saturated rings. The molecule has 116 valence electrons. The van der Waals surface area contributed by atoms with Gasteiger partial charge in [-0.3, -0.25) is 9.59 Å². The first-order valence-corrected chi connectivity index (χ1v) is 6.85. The Morgan fingerprint density at radius 3 is 2.71 bits per heavy atom. The first-order valence-electron chi connectivity index (χ1n) is 6.85. The van der Waals surface area contributed by atoms with E-state index in [1.807, 2.05) is 19.1 Å². The Hall–Kier alpha value is -2.24. The maximum atomic E-state index is 11.6. The van der Waals surface area contributed by atoms with Gasteiger partial charge in [0.25, 0.3) is 0 Å². The van der Waals surface area contributed by atoms with E-state index in [-0.39, 0.29) is 18.9 Å². The molecule has 6 nitrogen and oxygen atoms in total. The van der Waals surface area contributed by atoms with Crippen molar-refractivity contribution in [3.63, 3.8) is 0 Å². The number of rotatable bonds is 9. The minimum Gasteiger partial charge on any atom is -0.493 e. The molecule has 0 unspecified atom stereocenters. The molecular weight excluding hydrogens is 274 g/mol. The van der Waals surface area contributed by atoms with Crippen molar-refractivity contribution >= 4 is 11.9 Å². The van der Waals surface area contributed by atoms with Crippen molar-refractivity contribution in [1.29, 1.82) is 0 Å². The third-order valence-corrected chi connectivity index (χ3v) is 2.79. The lowest BCUT2D eigenvalue weighted by molar-refractivity contribution is -0.137. The molecule has 0 bridgehead atoms. The molecule has 0 saturated heterocycles. The SMILES string of the molecule is CCCOc1c(CCC(=O)NCC(=O)O)cccc1OC. The van der Waals surface area contributed by atoms with Crippen LogP contribution in [0.15, 0.2) is 18.2 Å². The Labute approximate surface area is 124 Å². The molecule has 0 spiro atoms. The van der Waals surface area contributed by atoms with Gasteiger partial charge >= 0.3 is 5.97 Å². The van der Waals surface area contributed by atoms with E-state index in [0.717, 1.165) is 12.0 Å². The van der Waals surface area contributed by atoms with Gasteiger partial charge in [-0.05, 0) is 24.5 Å². The highest BCUT2D eigenvalue weighted by atomic mass is 16.5. The van der Waals surface area contributed by atoms with Gasteiger partial charge in [-0.2, -0.15) is 0 Å². The molecule has 0 aliphatic rings. The summed E-state index contributed by atoms with van der Waals surface area (Å²) in [5.41, 5.74) is 0.869. The summed E-state index contributed by atoms with van der Waals surface area (Å²) in [7, 11) is 1.57. The molecule has 2 N–H and O–H groups in total. The molecule has 0 atom stereocenters. The zero-order chi connectivity index (χ0) is 15.7. The fourth-order valence-corrected chi connectivity index (χ4v) is 1.80. The zero-order valence-electron chi connectivity index (χ0n) is 12.3. The van der Waals surface area contributed by atoms with Crippen LogP contribution in [0, 0.1) is 0 Å². The third kappa shape index (κ3) is 5.72. The molecule has 0 heterocycles. The maximum absolute atomic E-state index is 11.6. The molecule has 1 aromatic carbocycles. The van der Waals surface area contributed by atoms with Crippen molar-refractivity contribution in [3.05, 3.63) is 23.8 Å². The number of para-hydroxylation sites is 1. The van der Waals surface area contributed by atoms with Crippen LogP contribution in [0.25, 0.3) is 0 Å². The van der Waals surface area contributed by atoms with E-state index < -0.39 is 5.97 Å². The third-order valence-electron chi connectivity index (χ3n) is 2.79. The monoisotopic (exact) mass is 295 g/mol. The fourth-order valence-electron chi connectivity index (χ4n) is 1.80. The molecule has 6 heteroatoms. The van der Waals surface area contributed by atoms with Crippen LogP contribution in [-0.2, 0) is 16.0 Å². The molecule has 0 aliphatic heterocycles. The zero-order valence-corrected chi connectivity index (χ0v) is 12.3. The number of aryl methyl sites for hydroxylation is 1. The average Bonchev–Trinajstić information content (AvgIpc) is 2.48. The Kier molecular flexibility index (Phi) is 7.08. The first-order chi connectivity index (χ1) is 10.1. The van der Waals surface area contributed by atoms with E-state index in [2.05, 4.69) is 5.32 Å². The van der Waals surface area contributed by atoms with Crippen LogP contribution in [-0.4, -0.2) is 37.2 Å². The number of ether oxygens (including phenoxy) is 2. The molecule has 0 radical (unpaired) electrons. The maximum Gasteiger partial charge on any atom is 0.322 e. The van der Waals surface area contributed by atoms with Crippen LogP contribution in [0.1, 0.15) is 25.3 Å². The number of carbonyl (C=O) groups excluding carboxylic acids is 1. The summed E-state index contributed by atoms with van der Waals surface area (Å²) in [5.74, 6) is -0.0851. The fraction of sp³-hybridized carbons (Fsp3) is 0.467. The van der Waals surface area contributed by atoms with Crippen molar-refractivity contribution in [2.45, 2.75) is 26.2 Å². The van der Waals surface area contributed by atoms with Gasteiger partial charge in [0.15, 0.2) is 11.5 Å². The van der Waals surface area contributed by atoms with E-state index in [1.165, 1.54) is 0 Å². The summed E-state index contributed by atoms with van der Waals surface area (Å²) < 4.78 is 11.0. The first kappa shape index (κ1) is 16.8. The molecule has 21 heavy (non-hydrogen) atoms. The molecule has 1 rings (SSSR count). The number of nitrogens with one attached hydrogen (secondary N) is 1. The van der Waals surface area contributed by atoms with Gasteiger partial charge in [0.1, 0.15) is 6.54 Å². The van der Waals surface area contributed by atoms with Gasteiger partial charge in [-0.15, -0.1) is 0 Å². The summed E-state index contributed by atoms with van der Waals surface area (Å²) in [4.78, 5) is 21.9. The van der Waals surface area contributed by atoms with Crippen molar-refractivity contribution in [2.24, 2.45) is 0 Å². The van der Waals surface area contributed by atoms with Gasteiger partial charge in [0.2, 0.25) is 5.91 Å². The summed E-state index contributed by atoms with van der Waals surface area (Å²) in [5, 5.41) is 10.8. The molecule has 0 aromatic heterocycles. The number of carboxylic acid groups (broad SMARTS) is 1. The summed E-state index contributed by atoms with van der Waals surface area (Å²) in [6.45, 7) is 2.21. The second kappa shape index (κ2) is 8.84. The number of hydrogen-bond donors (Lipinski definition) is 2. The summed E-state index contributed by atoms with van der Waals surface area (Å²) >= 11 is 0. The van der Waals surface area contributed by atoms with Gasteiger partial charge in [-0.1, -0.05) is 19.1 Å². The van der Waals surface area contributed by atoms with Crippen molar-refractivity contribution in [1.82, 2.24) is 5.32 Å².